The van der Waals surface area contributed by atoms with E-state index >= 15 is 0 Å². The number of benzene rings is 1. The number of nitrogens with zero attached hydrogens (tertiary/aromatic N) is 1. The van der Waals surface area contributed by atoms with Crippen molar-refractivity contribution in [1.29, 1.82) is 0 Å². The fraction of sp³-hybridized carbons (Fsp3) is 0.292. The second-order valence-electron chi connectivity index (χ2n) is 7.31. The summed E-state index contributed by atoms with van der Waals surface area (Å²) in [6, 6.07) is 10.8. The fourth-order valence-electron chi connectivity index (χ4n) is 3.12. The van der Waals surface area contributed by atoms with E-state index in [1.807, 2.05) is 19.1 Å². The summed E-state index contributed by atoms with van der Waals surface area (Å²) in [5.41, 5.74) is 0.0587. The number of furan rings is 1. The molecule has 0 unspecified atom stereocenters. The number of nitrogens with one attached hydrogen (secondary N) is 2. The van der Waals surface area contributed by atoms with Gasteiger partial charge in [-0.25, -0.2) is 0 Å². The zero-order chi connectivity index (χ0) is 22.9. The highest BCUT2D eigenvalue weighted by Crippen LogP contribution is 2.11. The first-order valence-corrected chi connectivity index (χ1v) is 10.5. The minimum absolute atomic E-state index is 0.0789. The van der Waals surface area contributed by atoms with Gasteiger partial charge in [-0.2, -0.15) is 0 Å². The second-order valence-corrected chi connectivity index (χ2v) is 7.31. The quantitative estimate of drug-likeness (QED) is 0.475. The van der Waals surface area contributed by atoms with Crippen LogP contribution in [0, 0.1) is 0 Å². The van der Waals surface area contributed by atoms with Crippen LogP contribution in [0.4, 0.5) is 0 Å². The molecular weight excluding hydrogens is 410 g/mol. The van der Waals surface area contributed by atoms with E-state index in [4.69, 9.17) is 9.15 Å². The number of pyridine rings is 1. The zero-order valence-electron chi connectivity index (χ0n) is 18.2. The number of ether oxygens (including phenoxy) is 1. The van der Waals surface area contributed by atoms with Gasteiger partial charge in [0.05, 0.1) is 19.9 Å². The number of aromatic nitrogens is 1. The largest absolute Gasteiger partial charge is 0.497 e. The highest BCUT2D eigenvalue weighted by molar-refractivity contribution is 5.99. The van der Waals surface area contributed by atoms with E-state index in [1.165, 1.54) is 12.4 Å². The minimum atomic E-state index is -0.609. The molecule has 2 heterocycles. The molecule has 0 aliphatic carbocycles. The van der Waals surface area contributed by atoms with Crippen molar-refractivity contribution in [3.8, 4) is 5.75 Å². The van der Waals surface area contributed by atoms with Gasteiger partial charge >= 0.3 is 0 Å². The average Bonchev–Trinajstić information content (AvgIpc) is 3.32. The lowest BCUT2D eigenvalue weighted by atomic mass is 10.1. The molecule has 1 aromatic carbocycles. The molecule has 168 valence electrons. The number of hydrogen-bond acceptors (Lipinski definition) is 5. The van der Waals surface area contributed by atoms with Crippen molar-refractivity contribution in [2.75, 3.05) is 13.7 Å². The lowest BCUT2D eigenvalue weighted by Crippen LogP contribution is -2.35. The molecule has 0 aliphatic rings. The van der Waals surface area contributed by atoms with Gasteiger partial charge in [-0.15, -0.1) is 0 Å². The van der Waals surface area contributed by atoms with Crippen molar-refractivity contribution < 1.29 is 18.7 Å². The van der Waals surface area contributed by atoms with Crippen LogP contribution in [0.3, 0.4) is 0 Å². The number of amides is 2. The number of unbranched alkanes of at least 4 members (excludes halogenated alkanes) is 1. The van der Waals surface area contributed by atoms with Crippen LogP contribution in [0.5, 0.6) is 5.75 Å². The molecule has 3 rings (SSSR count). The standard InChI is InChI=1S/C24H27N3O5/c1-3-4-11-25-23(29)20-15-27(14-19-6-5-12-32-19)16-21(22(20)28)24(30)26-13-17-7-9-18(31-2)10-8-17/h5-10,12,15-16H,3-4,11,13-14H2,1-2H3,(H,25,29)(H,26,30). The van der Waals surface area contributed by atoms with Gasteiger partial charge in [0.25, 0.3) is 11.8 Å². The molecule has 2 N–H and O–H groups in total. The summed E-state index contributed by atoms with van der Waals surface area (Å²) < 4.78 is 12.1. The monoisotopic (exact) mass is 437 g/mol. The highest BCUT2D eigenvalue weighted by Gasteiger charge is 2.19. The van der Waals surface area contributed by atoms with Crippen LogP contribution in [0.2, 0.25) is 0 Å². The van der Waals surface area contributed by atoms with Crippen LogP contribution in [-0.4, -0.2) is 30.0 Å². The molecule has 32 heavy (non-hydrogen) atoms. The van der Waals surface area contributed by atoms with Gasteiger partial charge < -0.3 is 24.4 Å². The smallest absolute Gasteiger partial charge is 0.257 e. The normalized spacial score (nSPS) is 10.6. The molecule has 0 saturated carbocycles. The Morgan fingerprint density at radius 2 is 1.72 bits per heavy atom. The first kappa shape index (κ1) is 22.9. The number of carbonyl (C=O) groups excluding carboxylic acids is 2. The summed E-state index contributed by atoms with van der Waals surface area (Å²) in [6.45, 7) is 2.98. The SMILES string of the molecule is CCCCNC(=O)c1cn(Cc2ccco2)cc(C(=O)NCc2ccc(OC)cc2)c1=O. The molecule has 2 amide bonds. The Kier molecular flexibility index (Phi) is 7.85. The summed E-state index contributed by atoms with van der Waals surface area (Å²) in [4.78, 5) is 38.4. The molecule has 2 aromatic heterocycles. The van der Waals surface area contributed by atoms with Crippen LogP contribution in [0.15, 0.2) is 64.3 Å². The Balaban J connectivity index is 1.84. The Bertz CT molecular complexity index is 1100. The summed E-state index contributed by atoms with van der Waals surface area (Å²) in [5.74, 6) is 0.293. The van der Waals surface area contributed by atoms with E-state index in [9.17, 15) is 14.4 Å². The number of carbonyl (C=O) groups is 2. The van der Waals surface area contributed by atoms with Crippen molar-refractivity contribution in [2.24, 2.45) is 0 Å². The Morgan fingerprint density at radius 1 is 1.03 bits per heavy atom. The van der Waals surface area contributed by atoms with Crippen molar-refractivity contribution in [2.45, 2.75) is 32.9 Å². The predicted molar refractivity (Wildman–Crippen MR) is 120 cm³/mol. The topological polar surface area (TPSA) is 103 Å². The maximum Gasteiger partial charge on any atom is 0.257 e. The second kappa shape index (κ2) is 11.0. The van der Waals surface area contributed by atoms with Gasteiger partial charge in [0, 0.05) is 25.5 Å². The molecule has 0 aliphatic heterocycles. The van der Waals surface area contributed by atoms with Crippen LogP contribution in [0.1, 0.15) is 51.8 Å². The molecule has 0 spiro atoms. The Hall–Kier alpha value is -3.81. The molecule has 3 aromatic rings. The Morgan fingerprint density at radius 3 is 2.31 bits per heavy atom. The third-order valence-electron chi connectivity index (χ3n) is 4.91. The predicted octanol–water partition coefficient (Wildman–Crippen LogP) is 2.96. The van der Waals surface area contributed by atoms with Gasteiger partial charge in [-0.1, -0.05) is 25.5 Å². The van der Waals surface area contributed by atoms with Crippen molar-refractivity contribution in [3.63, 3.8) is 0 Å². The summed E-state index contributed by atoms with van der Waals surface area (Å²) in [6.07, 6.45) is 6.15. The van der Waals surface area contributed by atoms with E-state index in [-0.39, 0.29) is 24.2 Å². The van der Waals surface area contributed by atoms with Crippen LogP contribution in [0.25, 0.3) is 0 Å². The van der Waals surface area contributed by atoms with Crippen molar-refractivity contribution >= 4 is 11.8 Å². The van der Waals surface area contributed by atoms with Crippen LogP contribution >= 0.6 is 0 Å². The number of rotatable bonds is 10. The van der Waals surface area contributed by atoms with Gasteiger partial charge in [0.15, 0.2) is 0 Å². The summed E-state index contributed by atoms with van der Waals surface area (Å²) >= 11 is 0. The summed E-state index contributed by atoms with van der Waals surface area (Å²) in [5, 5.41) is 5.49. The third-order valence-corrected chi connectivity index (χ3v) is 4.91. The van der Waals surface area contributed by atoms with E-state index in [0.29, 0.717) is 18.1 Å². The molecule has 0 radical (unpaired) electrons. The van der Waals surface area contributed by atoms with E-state index in [0.717, 1.165) is 18.4 Å². The van der Waals surface area contributed by atoms with Crippen LogP contribution in [-0.2, 0) is 13.1 Å². The van der Waals surface area contributed by atoms with E-state index in [2.05, 4.69) is 10.6 Å². The van der Waals surface area contributed by atoms with E-state index < -0.39 is 17.2 Å². The molecular formula is C24H27N3O5. The maximum atomic E-state index is 13.0. The van der Waals surface area contributed by atoms with Crippen molar-refractivity contribution in [3.05, 3.63) is 87.7 Å². The van der Waals surface area contributed by atoms with Gasteiger partial charge in [-0.05, 0) is 36.2 Å². The Labute approximate surface area is 186 Å². The minimum Gasteiger partial charge on any atom is -0.497 e. The third kappa shape index (κ3) is 5.87. The molecule has 0 saturated heterocycles. The lowest BCUT2D eigenvalue weighted by Gasteiger charge is -2.12. The fourth-order valence-corrected chi connectivity index (χ4v) is 3.12. The first-order chi connectivity index (χ1) is 15.5. The van der Waals surface area contributed by atoms with Gasteiger partial charge in [0.2, 0.25) is 5.43 Å². The van der Waals surface area contributed by atoms with Gasteiger partial charge in [-0.3, -0.25) is 14.4 Å². The zero-order valence-corrected chi connectivity index (χ0v) is 18.2. The van der Waals surface area contributed by atoms with E-state index in [1.54, 1.807) is 42.2 Å². The molecule has 0 atom stereocenters. The lowest BCUT2D eigenvalue weighted by molar-refractivity contribution is 0.0948. The highest BCUT2D eigenvalue weighted by atomic mass is 16.5. The molecule has 8 heteroatoms. The molecule has 8 nitrogen and oxygen atoms in total. The summed E-state index contributed by atoms with van der Waals surface area (Å²) in [7, 11) is 1.58. The number of hydrogen-bond donors (Lipinski definition) is 2. The maximum absolute atomic E-state index is 13.0. The van der Waals surface area contributed by atoms with Crippen molar-refractivity contribution in [1.82, 2.24) is 15.2 Å². The van der Waals surface area contributed by atoms with Gasteiger partial charge in [0.1, 0.15) is 22.6 Å². The number of methoxy groups -OCH3 is 1. The van der Waals surface area contributed by atoms with Crippen LogP contribution < -0.4 is 20.8 Å². The average molecular weight is 437 g/mol. The first-order valence-electron chi connectivity index (χ1n) is 10.5. The molecule has 0 fully saturated rings. The molecule has 0 bridgehead atoms.